The predicted octanol–water partition coefficient (Wildman–Crippen LogP) is 2.45. The van der Waals surface area contributed by atoms with Crippen molar-refractivity contribution in [1.29, 1.82) is 0 Å². The molecule has 2 aromatic carbocycles. The number of methoxy groups -OCH3 is 3. The van der Waals surface area contributed by atoms with E-state index in [1.165, 1.54) is 18.2 Å². The largest absolute Gasteiger partial charge is 0.507 e. The lowest BCUT2D eigenvalue weighted by atomic mass is 9.90. The molecular formula is C19H15BrO9. The minimum atomic E-state index is -1.19. The molecule has 0 unspecified atom stereocenters. The second-order valence-corrected chi connectivity index (χ2v) is 6.45. The summed E-state index contributed by atoms with van der Waals surface area (Å²) in [6.45, 7) is 0. The summed E-state index contributed by atoms with van der Waals surface area (Å²) in [7, 11) is 3.00. The molecule has 2 aromatic rings. The fraction of sp³-hybridized carbons (Fsp3) is 0.158. The van der Waals surface area contributed by atoms with Crippen molar-refractivity contribution in [3.8, 4) is 11.5 Å². The molecule has 0 fully saturated rings. The van der Waals surface area contributed by atoms with Crippen molar-refractivity contribution in [2.24, 2.45) is 0 Å². The second kappa shape index (κ2) is 8.74. The molecule has 0 atom stereocenters. The molecule has 2 N–H and O–H groups in total. The summed E-state index contributed by atoms with van der Waals surface area (Å²) < 4.78 is 14.2. The summed E-state index contributed by atoms with van der Waals surface area (Å²) >= 11 is 3.16. The molecule has 0 amide bonds. The van der Waals surface area contributed by atoms with Crippen LogP contribution in [-0.2, 0) is 14.2 Å². The lowest BCUT2D eigenvalue weighted by Crippen LogP contribution is -2.20. The van der Waals surface area contributed by atoms with E-state index in [1.807, 2.05) is 0 Å². The van der Waals surface area contributed by atoms with Crippen LogP contribution in [0.3, 0.4) is 0 Å². The van der Waals surface area contributed by atoms with Crippen LogP contribution in [0.1, 0.15) is 47.0 Å². The Bertz CT molecular complexity index is 1030. The third-order valence-corrected chi connectivity index (χ3v) is 4.43. The molecule has 152 valence electrons. The molecule has 29 heavy (non-hydrogen) atoms. The van der Waals surface area contributed by atoms with Gasteiger partial charge in [-0.2, -0.15) is 0 Å². The van der Waals surface area contributed by atoms with Crippen LogP contribution in [0.4, 0.5) is 0 Å². The van der Waals surface area contributed by atoms with Gasteiger partial charge in [0.25, 0.3) is 0 Å². The van der Waals surface area contributed by atoms with E-state index in [4.69, 9.17) is 0 Å². The van der Waals surface area contributed by atoms with Crippen LogP contribution in [-0.4, -0.2) is 55.2 Å². The molecule has 0 spiro atoms. The van der Waals surface area contributed by atoms with Gasteiger partial charge in [0.2, 0.25) is 0 Å². The van der Waals surface area contributed by atoms with Crippen LogP contribution >= 0.6 is 15.9 Å². The van der Waals surface area contributed by atoms with Crippen LogP contribution in [0, 0.1) is 0 Å². The number of carbonyl (C=O) groups is 4. The first kappa shape index (κ1) is 21.9. The third kappa shape index (κ3) is 4.06. The highest BCUT2D eigenvalue weighted by Gasteiger charge is 2.34. The lowest BCUT2D eigenvalue weighted by Gasteiger charge is -2.16. The minimum absolute atomic E-state index is 0.234. The van der Waals surface area contributed by atoms with Crippen molar-refractivity contribution in [1.82, 2.24) is 0 Å². The molecule has 0 bridgehead atoms. The number of ether oxygens (including phenoxy) is 3. The first-order chi connectivity index (χ1) is 13.7. The standard InChI is InChI=1S/C19H15BrO9/c1-27-17(24)11-7-10(15(22)9-6-8(20)4-5-12(9)21)13(18(25)28-2)14(16(11)23)19(26)29-3/h4-7,21,23H,1-3H3. The smallest absolute Gasteiger partial charge is 0.342 e. The maximum Gasteiger partial charge on any atom is 0.342 e. The Morgan fingerprint density at radius 2 is 1.31 bits per heavy atom. The fourth-order valence-corrected chi connectivity index (χ4v) is 2.93. The summed E-state index contributed by atoms with van der Waals surface area (Å²) in [5.41, 5.74) is -2.65. The lowest BCUT2D eigenvalue weighted by molar-refractivity contribution is 0.0546. The summed E-state index contributed by atoms with van der Waals surface area (Å²) in [6, 6.07) is 4.87. The number of rotatable bonds is 5. The second-order valence-electron chi connectivity index (χ2n) is 5.54. The zero-order valence-electron chi connectivity index (χ0n) is 15.4. The SMILES string of the molecule is COC(=O)c1cc(C(=O)c2cc(Br)ccc2O)c(C(=O)OC)c(C(=O)OC)c1O. The highest BCUT2D eigenvalue weighted by Crippen LogP contribution is 2.34. The molecule has 0 aliphatic heterocycles. The van der Waals surface area contributed by atoms with Crippen molar-refractivity contribution in [3.05, 3.63) is 56.6 Å². The van der Waals surface area contributed by atoms with E-state index >= 15 is 0 Å². The Kier molecular flexibility index (Phi) is 6.60. The van der Waals surface area contributed by atoms with Gasteiger partial charge in [-0.05, 0) is 24.3 Å². The van der Waals surface area contributed by atoms with E-state index in [9.17, 15) is 29.4 Å². The predicted molar refractivity (Wildman–Crippen MR) is 101 cm³/mol. The van der Waals surface area contributed by atoms with E-state index in [1.54, 1.807) is 0 Å². The monoisotopic (exact) mass is 466 g/mol. The number of carbonyl (C=O) groups excluding carboxylic acids is 4. The van der Waals surface area contributed by atoms with Gasteiger partial charge in [0, 0.05) is 10.0 Å². The van der Waals surface area contributed by atoms with Crippen LogP contribution in [0.2, 0.25) is 0 Å². The maximum atomic E-state index is 13.1. The molecule has 0 heterocycles. The van der Waals surface area contributed by atoms with Crippen molar-refractivity contribution in [2.45, 2.75) is 0 Å². The number of phenols is 2. The van der Waals surface area contributed by atoms with Gasteiger partial charge in [0.15, 0.2) is 5.78 Å². The molecule has 0 radical (unpaired) electrons. The van der Waals surface area contributed by atoms with Gasteiger partial charge in [0.1, 0.15) is 22.6 Å². The van der Waals surface area contributed by atoms with Crippen molar-refractivity contribution >= 4 is 39.6 Å². The Labute approximate surface area is 172 Å². The van der Waals surface area contributed by atoms with E-state index in [2.05, 4.69) is 30.1 Å². The molecule has 0 aromatic heterocycles. The first-order valence-electron chi connectivity index (χ1n) is 7.86. The third-order valence-electron chi connectivity index (χ3n) is 3.93. The summed E-state index contributed by atoms with van der Waals surface area (Å²) in [5, 5.41) is 20.5. The topological polar surface area (TPSA) is 136 Å². The summed E-state index contributed by atoms with van der Waals surface area (Å²) in [4.78, 5) is 49.8. The molecule has 0 saturated carbocycles. The Hall–Kier alpha value is -3.40. The van der Waals surface area contributed by atoms with Gasteiger partial charge in [-0.1, -0.05) is 15.9 Å². The van der Waals surface area contributed by atoms with Crippen LogP contribution < -0.4 is 0 Å². The molecule has 9 nitrogen and oxygen atoms in total. The molecule has 0 aliphatic rings. The Balaban J connectivity index is 2.96. The van der Waals surface area contributed by atoms with Crippen molar-refractivity contribution < 1.29 is 43.6 Å². The Morgan fingerprint density at radius 3 is 1.86 bits per heavy atom. The molecular weight excluding hydrogens is 452 g/mol. The van der Waals surface area contributed by atoms with Gasteiger partial charge in [-0.15, -0.1) is 0 Å². The summed E-state index contributed by atoms with van der Waals surface area (Å²) in [6.07, 6.45) is 0. The average Bonchev–Trinajstić information content (AvgIpc) is 2.72. The quantitative estimate of drug-likeness (QED) is 0.386. The van der Waals surface area contributed by atoms with Crippen LogP contribution in [0.5, 0.6) is 11.5 Å². The Morgan fingerprint density at radius 1 is 0.759 bits per heavy atom. The average molecular weight is 467 g/mol. The maximum absolute atomic E-state index is 13.1. The number of esters is 3. The summed E-state index contributed by atoms with van der Waals surface area (Å²) in [5.74, 6) is -5.66. The number of hydrogen-bond acceptors (Lipinski definition) is 9. The van der Waals surface area contributed by atoms with Crippen molar-refractivity contribution in [2.75, 3.05) is 21.3 Å². The molecule has 0 saturated heterocycles. The number of ketones is 1. The molecule has 10 heteroatoms. The zero-order chi connectivity index (χ0) is 21.9. The highest BCUT2D eigenvalue weighted by atomic mass is 79.9. The van der Waals surface area contributed by atoms with Crippen LogP contribution in [0.15, 0.2) is 28.7 Å². The van der Waals surface area contributed by atoms with E-state index in [0.29, 0.717) is 4.47 Å². The number of phenolic OH excluding ortho intramolecular Hbond substituents is 2. The first-order valence-corrected chi connectivity index (χ1v) is 8.65. The van der Waals surface area contributed by atoms with Gasteiger partial charge in [-0.25, -0.2) is 14.4 Å². The van der Waals surface area contributed by atoms with Crippen molar-refractivity contribution in [3.63, 3.8) is 0 Å². The number of halogens is 1. The highest BCUT2D eigenvalue weighted by molar-refractivity contribution is 9.10. The van der Waals surface area contributed by atoms with Crippen LogP contribution in [0.25, 0.3) is 0 Å². The minimum Gasteiger partial charge on any atom is -0.507 e. The van der Waals surface area contributed by atoms with E-state index in [0.717, 1.165) is 27.4 Å². The van der Waals surface area contributed by atoms with Gasteiger partial charge in [0.05, 0.1) is 32.5 Å². The fourth-order valence-electron chi connectivity index (χ4n) is 2.57. The van der Waals surface area contributed by atoms with E-state index in [-0.39, 0.29) is 5.56 Å². The molecule has 0 aliphatic carbocycles. The molecule has 2 rings (SSSR count). The normalized spacial score (nSPS) is 10.2. The van der Waals surface area contributed by atoms with Gasteiger partial charge < -0.3 is 24.4 Å². The zero-order valence-corrected chi connectivity index (χ0v) is 17.0. The van der Waals surface area contributed by atoms with Gasteiger partial charge in [-0.3, -0.25) is 4.79 Å². The number of aromatic hydroxyl groups is 2. The number of hydrogen-bond donors (Lipinski definition) is 2. The van der Waals surface area contributed by atoms with Gasteiger partial charge >= 0.3 is 17.9 Å². The number of benzene rings is 2. The van der Waals surface area contributed by atoms with E-state index < -0.39 is 57.4 Å².